The van der Waals surface area contributed by atoms with E-state index in [0.29, 0.717) is 38.9 Å². The lowest BCUT2D eigenvalue weighted by atomic mass is 10.3. The van der Waals surface area contributed by atoms with Gasteiger partial charge in [-0.3, -0.25) is 4.99 Å². The Labute approximate surface area is 170 Å². The maximum Gasteiger partial charge on any atom is 0.191 e. The van der Waals surface area contributed by atoms with Crippen molar-refractivity contribution in [1.29, 1.82) is 0 Å². The Hall–Kier alpha value is -1.20. The highest BCUT2D eigenvalue weighted by Crippen LogP contribution is 2.17. The molecule has 0 heterocycles. The van der Waals surface area contributed by atoms with Gasteiger partial charge in [0.15, 0.2) is 17.5 Å². The van der Waals surface area contributed by atoms with E-state index < -0.39 is 11.6 Å². The minimum Gasteiger partial charge on any atom is -0.489 e. The molecule has 1 aromatic rings. The van der Waals surface area contributed by atoms with E-state index in [4.69, 9.17) is 14.2 Å². The van der Waals surface area contributed by atoms with Crippen LogP contribution in [0, 0.1) is 11.6 Å². The number of benzene rings is 1. The van der Waals surface area contributed by atoms with Gasteiger partial charge in [-0.05, 0) is 25.5 Å². The number of methoxy groups -OCH3 is 1. The van der Waals surface area contributed by atoms with E-state index in [2.05, 4.69) is 15.6 Å². The number of ether oxygens (including phenoxy) is 3. The van der Waals surface area contributed by atoms with Crippen molar-refractivity contribution >= 4 is 29.9 Å². The summed E-state index contributed by atoms with van der Waals surface area (Å²) in [7, 11) is 1.64. The minimum atomic E-state index is -0.714. The summed E-state index contributed by atoms with van der Waals surface area (Å²) in [5.74, 6) is -0.661. The average molecular weight is 487 g/mol. The Balaban J connectivity index is 0.00000625. The van der Waals surface area contributed by atoms with Crippen LogP contribution in [-0.4, -0.2) is 59.1 Å². The molecule has 0 saturated carbocycles. The van der Waals surface area contributed by atoms with E-state index in [1.807, 2.05) is 6.92 Å². The molecule has 1 aromatic carbocycles. The van der Waals surface area contributed by atoms with Crippen molar-refractivity contribution in [2.45, 2.75) is 13.3 Å². The standard InChI is InChI=1S/C17H27F2N3O3.HI/c1-3-20-17(21-7-4-9-24-12-11-23-2)22-8-10-25-16-6-5-14(18)13-15(16)19;/h5-6,13H,3-4,7-12H2,1-2H3,(H2,20,21,22);1H. The van der Waals surface area contributed by atoms with Gasteiger partial charge in [0.2, 0.25) is 0 Å². The molecule has 0 spiro atoms. The topological polar surface area (TPSA) is 64.1 Å². The van der Waals surface area contributed by atoms with Gasteiger partial charge in [-0.1, -0.05) is 0 Å². The molecule has 9 heteroatoms. The van der Waals surface area contributed by atoms with Crippen LogP contribution in [0.3, 0.4) is 0 Å². The predicted octanol–water partition coefficient (Wildman–Crippen LogP) is 2.57. The van der Waals surface area contributed by atoms with Crippen LogP contribution in [0.5, 0.6) is 5.75 Å². The molecule has 0 amide bonds. The van der Waals surface area contributed by atoms with E-state index in [-0.39, 0.29) is 36.3 Å². The fourth-order valence-corrected chi connectivity index (χ4v) is 1.87. The summed E-state index contributed by atoms with van der Waals surface area (Å²) in [4.78, 5) is 4.41. The SMILES string of the molecule is CCNC(=NCCCOCCOC)NCCOc1ccc(F)cc1F.I. The lowest BCUT2D eigenvalue weighted by molar-refractivity contribution is 0.0702. The van der Waals surface area contributed by atoms with Crippen molar-refractivity contribution in [2.24, 2.45) is 4.99 Å². The van der Waals surface area contributed by atoms with Crippen LogP contribution in [0.2, 0.25) is 0 Å². The molecule has 0 fully saturated rings. The number of guanidine groups is 1. The van der Waals surface area contributed by atoms with Crippen molar-refractivity contribution < 1.29 is 23.0 Å². The third kappa shape index (κ3) is 11.4. The van der Waals surface area contributed by atoms with Gasteiger partial charge in [0.1, 0.15) is 12.4 Å². The van der Waals surface area contributed by atoms with Crippen molar-refractivity contribution in [3.8, 4) is 5.75 Å². The Morgan fingerprint density at radius 1 is 1.12 bits per heavy atom. The van der Waals surface area contributed by atoms with Crippen LogP contribution >= 0.6 is 24.0 Å². The van der Waals surface area contributed by atoms with E-state index in [1.165, 1.54) is 6.07 Å². The minimum absolute atomic E-state index is 0. The summed E-state index contributed by atoms with van der Waals surface area (Å²) in [5.41, 5.74) is 0. The monoisotopic (exact) mass is 487 g/mol. The molecular formula is C17H28F2IN3O3. The van der Waals surface area contributed by atoms with Gasteiger partial charge in [0, 0.05) is 32.9 Å². The van der Waals surface area contributed by atoms with Gasteiger partial charge in [-0.2, -0.15) is 0 Å². The Morgan fingerprint density at radius 3 is 2.62 bits per heavy atom. The maximum atomic E-state index is 13.4. The molecule has 1 rings (SSSR count). The Morgan fingerprint density at radius 2 is 1.92 bits per heavy atom. The predicted molar refractivity (Wildman–Crippen MR) is 109 cm³/mol. The Kier molecular flexibility index (Phi) is 15.3. The molecule has 6 nitrogen and oxygen atoms in total. The first-order valence-electron chi connectivity index (χ1n) is 8.34. The third-order valence-electron chi connectivity index (χ3n) is 3.04. The van der Waals surface area contributed by atoms with Crippen LogP contribution in [0.15, 0.2) is 23.2 Å². The zero-order valence-corrected chi connectivity index (χ0v) is 17.6. The van der Waals surface area contributed by atoms with E-state index in [1.54, 1.807) is 7.11 Å². The number of hydrogen-bond donors (Lipinski definition) is 2. The highest BCUT2D eigenvalue weighted by molar-refractivity contribution is 14.0. The molecule has 0 radical (unpaired) electrons. The molecular weight excluding hydrogens is 459 g/mol. The van der Waals surface area contributed by atoms with Crippen LogP contribution in [0.4, 0.5) is 8.78 Å². The Bertz CT molecular complexity index is 522. The van der Waals surface area contributed by atoms with Crippen LogP contribution in [0.25, 0.3) is 0 Å². The smallest absolute Gasteiger partial charge is 0.191 e. The number of hydrogen-bond acceptors (Lipinski definition) is 4. The summed E-state index contributed by atoms with van der Waals surface area (Å²) < 4.78 is 41.8. The largest absolute Gasteiger partial charge is 0.489 e. The van der Waals surface area contributed by atoms with E-state index >= 15 is 0 Å². The van der Waals surface area contributed by atoms with Crippen molar-refractivity contribution in [3.63, 3.8) is 0 Å². The van der Waals surface area contributed by atoms with Gasteiger partial charge in [-0.15, -0.1) is 24.0 Å². The maximum absolute atomic E-state index is 13.4. The molecule has 0 atom stereocenters. The van der Waals surface area contributed by atoms with Gasteiger partial charge in [0.05, 0.1) is 19.8 Å². The summed E-state index contributed by atoms with van der Waals surface area (Å²) in [6.07, 6.45) is 0.803. The molecule has 0 aromatic heterocycles. The summed E-state index contributed by atoms with van der Waals surface area (Å²) in [6.45, 7) is 5.77. The molecule has 150 valence electrons. The van der Waals surface area contributed by atoms with Crippen molar-refractivity contribution in [3.05, 3.63) is 29.8 Å². The molecule has 0 aliphatic heterocycles. The second kappa shape index (κ2) is 16.0. The van der Waals surface area contributed by atoms with Gasteiger partial charge >= 0.3 is 0 Å². The second-order valence-electron chi connectivity index (χ2n) is 5.07. The highest BCUT2D eigenvalue weighted by Gasteiger charge is 2.04. The zero-order chi connectivity index (χ0) is 18.3. The number of halogens is 3. The summed E-state index contributed by atoms with van der Waals surface area (Å²) in [5, 5.41) is 6.20. The van der Waals surface area contributed by atoms with Gasteiger partial charge < -0.3 is 24.8 Å². The molecule has 2 N–H and O–H groups in total. The third-order valence-corrected chi connectivity index (χ3v) is 3.04. The van der Waals surface area contributed by atoms with E-state index in [9.17, 15) is 8.78 Å². The first kappa shape index (κ1) is 24.8. The van der Waals surface area contributed by atoms with Gasteiger partial charge in [0.25, 0.3) is 0 Å². The van der Waals surface area contributed by atoms with E-state index in [0.717, 1.165) is 25.1 Å². The average Bonchev–Trinajstić information content (AvgIpc) is 2.59. The summed E-state index contributed by atoms with van der Waals surface area (Å²) in [6, 6.07) is 3.22. The first-order chi connectivity index (χ1) is 12.2. The molecule has 0 unspecified atom stereocenters. The second-order valence-corrected chi connectivity index (χ2v) is 5.07. The fraction of sp³-hybridized carbons (Fsp3) is 0.588. The summed E-state index contributed by atoms with van der Waals surface area (Å²) >= 11 is 0. The lowest BCUT2D eigenvalue weighted by Gasteiger charge is -2.12. The van der Waals surface area contributed by atoms with Crippen LogP contribution in [-0.2, 0) is 9.47 Å². The number of rotatable bonds is 12. The van der Waals surface area contributed by atoms with Crippen molar-refractivity contribution in [2.75, 3.05) is 53.2 Å². The zero-order valence-electron chi connectivity index (χ0n) is 15.2. The van der Waals surface area contributed by atoms with Crippen LogP contribution < -0.4 is 15.4 Å². The van der Waals surface area contributed by atoms with Gasteiger partial charge in [-0.25, -0.2) is 8.78 Å². The molecule has 26 heavy (non-hydrogen) atoms. The normalized spacial score (nSPS) is 11.0. The molecule has 0 bridgehead atoms. The number of nitrogens with one attached hydrogen (secondary N) is 2. The van der Waals surface area contributed by atoms with Crippen molar-refractivity contribution in [1.82, 2.24) is 10.6 Å². The van der Waals surface area contributed by atoms with Crippen LogP contribution in [0.1, 0.15) is 13.3 Å². The molecule has 0 aliphatic carbocycles. The lowest BCUT2D eigenvalue weighted by Crippen LogP contribution is -2.39. The number of nitrogens with zero attached hydrogens (tertiary/aromatic N) is 1. The first-order valence-corrected chi connectivity index (χ1v) is 8.34. The number of aliphatic imine (C=N–C) groups is 1. The highest BCUT2D eigenvalue weighted by atomic mass is 127. The molecule has 0 saturated heterocycles. The molecule has 0 aliphatic rings. The quantitative estimate of drug-likeness (QED) is 0.206. The fourth-order valence-electron chi connectivity index (χ4n) is 1.87.